The fourth-order valence-electron chi connectivity index (χ4n) is 2.29. The molecule has 1 fully saturated rings. The number of hydrogen-bond acceptors (Lipinski definition) is 4. The van der Waals surface area contributed by atoms with Crippen molar-refractivity contribution in [3.8, 4) is 0 Å². The normalized spacial score (nSPS) is 25.3. The van der Waals surface area contributed by atoms with E-state index in [4.69, 9.17) is 0 Å². The lowest BCUT2D eigenvalue weighted by Gasteiger charge is -2.14. The van der Waals surface area contributed by atoms with Crippen LogP contribution in [0.3, 0.4) is 0 Å². The summed E-state index contributed by atoms with van der Waals surface area (Å²) in [5.41, 5.74) is 0. The number of imidazole rings is 1. The first-order chi connectivity index (χ1) is 8.86. The van der Waals surface area contributed by atoms with E-state index >= 15 is 0 Å². The van der Waals surface area contributed by atoms with E-state index in [0.717, 1.165) is 0 Å². The number of aliphatic hydroxyl groups is 1. The van der Waals surface area contributed by atoms with Gasteiger partial charge in [-0.15, -0.1) is 0 Å². The first-order valence-corrected chi connectivity index (χ1v) is 7.94. The van der Waals surface area contributed by atoms with Gasteiger partial charge in [0.1, 0.15) is 0 Å². The Morgan fingerprint density at radius 3 is 2.63 bits per heavy atom. The SMILES string of the molecule is CC(C)n1cnc(S(=O)(=O)N2C[C@@H](CO)[C@H](C)C2)c1. The molecule has 0 spiro atoms. The lowest BCUT2D eigenvalue weighted by molar-refractivity contribution is 0.210. The average Bonchev–Trinajstić information content (AvgIpc) is 2.95. The van der Waals surface area contributed by atoms with Crippen LogP contribution in [0.15, 0.2) is 17.6 Å². The molecule has 1 aromatic heterocycles. The Hall–Kier alpha value is -0.920. The highest BCUT2D eigenvalue weighted by molar-refractivity contribution is 7.89. The standard InChI is InChI=1S/C12H21N3O3S/c1-9(2)14-6-12(13-8-14)19(17,18)15-4-10(3)11(5-15)7-16/h6,8-11,16H,4-5,7H2,1-3H3/t10-,11+/m1/s1. The first-order valence-electron chi connectivity index (χ1n) is 6.50. The number of sulfonamides is 1. The predicted molar refractivity (Wildman–Crippen MR) is 71.1 cm³/mol. The molecule has 6 nitrogen and oxygen atoms in total. The second-order valence-corrected chi connectivity index (χ2v) is 7.38. The van der Waals surface area contributed by atoms with Crippen molar-refractivity contribution < 1.29 is 13.5 Å². The van der Waals surface area contributed by atoms with Crippen molar-refractivity contribution in [2.45, 2.75) is 31.8 Å². The van der Waals surface area contributed by atoms with E-state index in [2.05, 4.69) is 4.98 Å². The minimum atomic E-state index is -3.54. The van der Waals surface area contributed by atoms with E-state index in [0.29, 0.717) is 13.1 Å². The molecule has 1 N–H and O–H groups in total. The maximum atomic E-state index is 12.4. The van der Waals surface area contributed by atoms with Crippen LogP contribution in [0.2, 0.25) is 0 Å². The molecule has 0 bridgehead atoms. The third-order valence-electron chi connectivity index (χ3n) is 3.75. The van der Waals surface area contributed by atoms with Crippen molar-refractivity contribution in [1.82, 2.24) is 13.9 Å². The summed E-state index contributed by atoms with van der Waals surface area (Å²) in [5, 5.41) is 9.32. The molecule has 1 aromatic rings. The molecule has 7 heteroatoms. The molecule has 1 saturated heterocycles. The monoisotopic (exact) mass is 287 g/mol. The van der Waals surface area contributed by atoms with Crippen molar-refractivity contribution in [3.05, 3.63) is 12.5 Å². The van der Waals surface area contributed by atoms with Gasteiger partial charge in [-0.3, -0.25) is 0 Å². The van der Waals surface area contributed by atoms with E-state index in [1.807, 2.05) is 20.8 Å². The molecular formula is C12H21N3O3S. The highest BCUT2D eigenvalue weighted by Crippen LogP contribution is 2.27. The number of hydrogen-bond donors (Lipinski definition) is 1. The van der Waals surface area contributed by atoms with Gasteiger partial charge in [0.2, 0.25) is 0 Å². The Labute approximate surface area is 114 Å². The quantitative estimate of drug-likeness (QED) is 0.885. The minimum Gasteiger partial charge on any atom is -0.396 e. The van der Waals surface area contributed by atoms with E-state index in [1.54, 1.807) is 17.1 Å². The molecule has 0 aromatic carbocycles. The number of aromatic nitrogens is 2. The maximum Gasteiger partial charge on any atom is 0.262 e. The first kappa shape index (κ1) is 14.5. The highest BCUT2D eigenvalue weighted by Gasteiger charge is 2.37. The third-order valence-corrected chi connectivity index (χ3v) is 5.46. The van der Waals surface area contributed by atoms with Crippen molar-refractivity contribution >= 4 is 10.0 Å². The summed E-state index contributed by atoms with van der Waals surface area (Å²) >= 11 is 0. The van der Waals surface area contributed by atoms with Crippen molar-refractivity contribution in [2.75, 3.05) is 19.7 Å². The van der Waals surface area contributed by atoms with Gasteiger partial charge in [-0.2, -0.15) is 4.31 Å². The summed E-state index contributed by atoms with van der Waals surface area (Å²) < 4.78 is 28.1. The lowest BCUT2D eigenvalue weighted by Crippen LogP contribution is -2.29. The van der Waals surface area contributed by atoms with Gasteiger partial charge >= 0.3 is 0 Å². The highest BCUT2D eigenvalue weighted by atomic mass is 32.2. The van der Waals surface area contributed by atoms with Gasteiger partial charge in [0.15, 0.2) is 5.03 Å². The molecule has 19 heavy (non-hydrogen) atoms. The van der Waals surface area contributed by atoms with Gasteiger partial charge in [0.05, 0.1) is 6.33 Å². The number of aliphatic hydroxyl groups excluding tert-OH is 1. The van der Waals surface area contributed by atoms with Crippen molar-refractivity contribution in [2.24, 2.45) is 11.8 Å². The van der Waals surface area contributed by atoms with Crippen LogP contribution in [0.5, 0.6) is 0 Å². The second kappa shape index (κ2) is 5.22. The Kier molecular flexibility index (Phi) is 3.98. The molecule has 1 aliphatic rings. The molecule has 2 rings (SSSR count). The maximum absolute atomic E-state index is 12.4. The van der Waals surface area contributed by atoms with Crippen LogP contribution in [0.1, 0.15) is 26.8 Å². The van der Waals surface area contributed by atoms with Crippen LogP contribution < -0.4 is 0 Å². The van der Waals surface area contributed by atoms with E-state index < -0.39 is 10.0 Å². The van der Waals surface area contributed by atoms with Crippen LogP contribution in [0, 0.1) is 11.8 Å². The fraction of sp³-hybridized carbons (Fsp3) is 0.750. The van der Waals surface area contributed by atoms with E-state index in [-0.39, 0.29) is 29.5 Å². The van der Waals surface area contributed by atoms with E-state index in [1.165, 1.54) is 4.31 Å². The van der Waals surface area contributed by atoms with Gasteiger partial charge in [-0.25, -0.2) is 13.4 Å². The molecule has 0 aliphatic carbocycles. The van der Waals surface area contributed by atoms with Crippen LogP contribution in [-0.4, -0.2) is 47.1 Å². The zero-order valence-corrected chi connectivity index (χ0v) is 12.3. The Bertz CT molecular complexity index is 538. The zero-order valence-electron chi connectivity index (χ0n) is 11.5. The van der Waals surface area contributed by atoms with Crippen LogP contribution in [0.25, 0.3) is 0 Å². The van der Waals surface area contributed by atoms with Gasteiger partial charge in [-0.1, -0.05) is 6.92 Å². The lowest BCUT2D eigenvalue weighted by atomic mass is 10.00. The Morgan fingerprint density at radius 2 is 2.16 bits per heavy atom. The topological polar surface area (TPSA) is 75.4 Å². The summed E-state index contributed by atoms with van der Waals surface area (Å²) in [6.45, 7) is 6.74. The van der Waals surface area contributed by atoms with Gasteiger partial charge < -0.3 is 9.67 Å². The fourth-order valence-corrected chi connectivity index (χ4v) is 3.80. The van der Waals surface area contributed by atoms with Crippen LogP contribution in [-0.2, 0) is 10.0 Å². The summed E-state index contributed by atoms with van der Waals surface area (Å²) in [4.78, 5) is 4.00. The summed E-state index contributed by atoms with van der Waals surface area (Å²) in [6.07, 6.45) is 3.11. The molecule has 0 unspecified atom stereocenters. The molecule has 2 atom stereocenters. The average molecular weight is 287 g/mol. The second-order valence-electron chi connectivity index (χ2n) is 5.49. The minimum absolute atomic E-state index is 0.0157. The van der Waals surface area contributed by atoms with Crippen LogP contribution in [0.4, 0.5) is 0 Å². The summed E-state index contributed by atoms with van der Waals surface area (Å²) in [6, 6.07) is 0.180. The van der Waals surface area contributed by atoms with Crippen molar-refractivity contribution in [1.29, 1.82) is 0 Å². The number of rotatable bonds is 4. The molecule has 1 aliphatic heterocycles. The molecular weight excluding hydrogens is 266 g/mol. The van der Waals surface area contributed by atoms with Gasteiger partial charge in [0, 0.05) is 31.9 Å². The predicted octanol–water partition coefficient (Wildman–Crippen LogP) is 0.713. The largest absolute Gasteiger partial charge is 0.396 e. The van der Waals surface area contributed by atoms with E-state index in [9.17, 15) is 13.5 Å². The molecule has 2 heterocycles. The summed E-state index contributed by atoms with van der Waals surface area (Å²) in [7, 11) is -3.54. The Balaban J connectivity index is 2.23. The third kappa shape index (κ3) is 2.68. The molecule has 0 amide bonds. The summed E-state index contributed by atoms with van der Waals surface area (Å²) in [5.74, 6) is 0.189. The van der Waals surface area contributed by atoms with Gasteiger partial charge in [-0.05, 0) is 25.7 Å². The van der Waals surface area contributed by atoms with Gasteiger partial charge in [0.25, 0.3) is 10.0 Å². The molecule has 0 radical (unpaired) electrons. The van der Waals surface area contributed by atoms with Crippen LogP contribution >= 0.6 is 0 Å². The molecule has 108 valence electrons. The van der Waals surface area contributed by atoms with Crippen molar-refractivity contribution in [3.63, 3.8) is 0 Å². The zero-order chi connectivity index (χ0) is 14.2. The number of nitrogens with zero attached hydrogens (tertiary/aromatic N) is 3. The smallest absolute Gasteiger partial charge is 0.262 e. The molecule has 0 saturated carbocycles. The Morgan fingerprint density at radius 1 is 1.47 bits per heavy atom.